The van der Waals surface area contributed by atoms with E-state index in [1.807, 2.05) is 0 Å². The summed E-state index contributed by atoms with van der Waals surface area (Å²) >= 11 is 0. The van der Waals surface area contributed by atoms with Crippen LogP contribution in [0, 0.1) is 0 Å². The molecule has 0 spiro atoms. The molecule has 0 saturated heterocycles. The summed E-state index contributed by atoms with van der Waals surface area (Å²) in [5.41, 5.74) is 9.37. The zero-order valence-electron chi connectivity index (χ0n) is 9.21. The summed E-state index contributed by atoms with van der Waals surface area (Å²) in [4.78, 5) is 0. The van der Waals surface area contributed by atoms with Gasteiger partial charge in [-0.2, -0.15) is 0 Å². The summed E-state index contributed by atoms with van der Waals surface area (Å²) in [5.74, 6) is 0.539. The average Bonchev–Trinajstić information content (AvgIpc) is 2.17. The average molecular weight is 193 g/mol. The van der Waals surface area contributed by atoms with Crippen molar-refractivity contribution in [2.45, 2.75) is 32.9 Å². The molecule has 2 nitrogen and oxygen atoms in total. The van der Waals surface area contributed by atoms with Crippen LogP contribution < -0.4 is 5.73 Å². The Morgan fingerprint density at radius 3 is 2.36 bits per heavy atom. The number of rotatable bonds is 4. The predicted octanol–water partition coefficient (Wildman–Crippen LogP) is 2.42. The molecule has 2 N–H and O–H groups in total. The third-order valence-electron chi connectivity index (χ3n) is 2.29. The van der Waals surface area contributed by atoms with E-state index >= 15 is 0 Å². The molecule has 0 unspecified atom stereocenters. The van der Waals surface area contributed by atoms with Crippen LogP contribution in [0.5, 0.6) is 0 Å². The zero-order chi connectivity index (χ0) is 10.6. The summed E-state index contributed by atoms with van der Waals surface area (Å²) in [6.07, 6.45) is 0. The highest BCUT2D eigenvalue weighted by Gasteiger charge is 2.03. The van der Waals surface area contributed by atoms with Crippen LogP contribution in [0.3, 0.4) is 0 Å². The van der Waals surface area contributed by atoms with Gasteiger partial charge < -0.3 is 10.5 Å². The SMILES string of the molecule is COCc1cc(CN)cc(C(C)C)c1. The standard InChI is InChI=1S/C12H19NO/c1-9(2)12-5-10(7-13)4-11(6-12)8-14-3/h4-6,9H,7-8,13H2,1-3H3. The maximum absolute atomic E-state index is 5.64. The molecule has 0 amide bonds. The highest BCUT2D eigenvalue weighted by atomic mass is 16.5. The minimum Gasteiger partial charge on any atom is -0.380 e. The largest absolute Gasteiger partial charge is 0.380 e. The van der Waals surface area contributed by atoms with E-state index < -0.39 is 0 Å². The molecule has 0 aliphatic carbocycles. The number of methoxy groups -OCH3 is 1. The molecule has 0 heterocycles. The van der Waals surface area contributed by atoms with Gasteiger partial charge in [-0.3, -0.25) is 0 Å². The second kappa shape index (κ2) is 5.13. The van der Waals surface area contributed by atoms with Gasteiger partial charge in [-0.1, -0.05) is 32.0 Å². The Morgan fingerprint density at radius 1 is 1.21 bits per heavy atom. The molecule has 0 aliphatic heterocycles. The lowest BCUT2D eigenvalue weighted by Gasteiger charge is -2.10. The third-order valence-corrected chi connectivity index (χ3v) is 2.29. The van der Waals surface area contributed by atoms with E-state index in [1.165, 1.54) is 16.7 Å². The fourth-order valence-electron chi connectivity index (χ4n) is 1.49. The van der Waals surface area contributed by atoms with E-state index in [4.69, 9.17) is 10.5 Å². The van der Waals surface area contributed by atoms with E-state index in [-0.39, 0.29) is 0 Å². The fraction of sp³-hybridized carbons (Fsp3) is 0.500. The maximum Gasteiger partial charge on any atom is 0.0713 e. The van der Waals surface area contributed by atoms with Crippen LogP contribution in [-0.2, 0) is 17.9 Å². The summed E-state index contributed by atoms with van der Waals surface area (Å²) in [5, 5.41) is 0. The van der Waals surface area contributed by atoms with Crippen molar-refractivity contribution in [2.24, 2.45) is 5.73 Å². The minimum atomic E-state index is 0.539. The van der Waals surface area contributed by atoms with Crippen LogP contribution in [0.15, 0.2) is 18.2 Å². The van der Waals surface area contributed by atoms with Crippen LogP contribution in [0.2, 0.25) is 0 Å². The first-order chi connectivity index (χ1) is 6.67. The molecule has 0 fully saturated rings. The molecule has 1 aromatic carbocycles. The summed E-state index contributed by atoms with van der Waals surface area (Å²) in [7, 11) is 1.71. The quantitative estimate of drug-likeness (QED) is 0.797. The van der Waals surface area contributed by atoms with Crippen LogP contribution in [0.1, 0.15) is 36.5 Å². The second-order valence-electron chi connectivity index (χ2n) is 3.87. The molecule has 0 aromatic heterocycles. The van der Waals surface area contributed by atoms with E-state index in [0.29, 0.717) is 19.1 Å². The highest BCUT2D eigenvalue weighted by Crippen LogP contribution is 2.18. The third kappa shape index (κ3) is 2.82. The molecule has 78 valence electrons. The van der Waals surface area contributed by atoms with Crippen molar-refractivity contribution in [3.63, 3.8) is 0 Å². The lowest BCUT2D eigenvalue weighted by Crippen LogP contribution is -2.01. The van der Waals surface area contributed by atoms with Gasteiger partial charge in [0.1, 0.15) is 0 Å². The smallest absolute Gasteiger partial charge is 0.0713 e. The molecule has 1 rings (SSSR count). The normalized spacial score (nSPS) is 10.9. The number of ether oxygens (including phenoxy) is 1. The molecule has 0 saturated carbocycles. The van der Waals surface area contributed by atoms with E-state index in [1.54, 1.807) is 7.11 Å². The topological polar surface area (TPSA) is 35.2 Å². The van der Waals surface area contributed by atoms with Gasteiger partial charge in [-0.05, 0) is 22.6 Å². The number of hydrogen-bond donors (Lipinski definition) is 1. The van der Waals surface area contributed by atoms with Gasteiger partial charge in [0.15, 0.2) is 0 Å². The molecule has 0 aliphatic rings. The highest BCUT2D eigenvalue weighted by molar-refractivity contribution is 5.31. The first-order valence-electron chi connectivity index (χ1n) is 4.99. The Bertz CT molecular complexity index is 294. The van der Waals surface area contributed by atoms with Gasteiger partial charge in [0.2, 0.25) is 0 Å². The first kappa shape index (κ1) is 11.2. The molecule has 0 radical (unpaired) electrons. The van der Waals surface area contributed by atoms with Crippen LogP contribution in [0.4, 0.5) is 0 Å². The zero-order valence-corrected chi connectivity index (χ0v) is 9.21. The van der Waals surface area contributed by atoms with Gasteiger partial charge in [0.25, 0.3) is 0 Å². The number of hydrogen-bond acceptors (Lipinski definition) is 2. The Kier molecular flexibility index (Phi) is 4.11. The van der Waals surface area contributed by atoms with Gasteiger partial charge in [0.05, 0.1) is 6.61 Å². The molecular formula is C12H19NO. The number of benzene rings is 1. The minimum absolute atomic E-state index is 0.539. The monoisotopic (exact) mass is 193 g/mol. The van der Waals surface area contributed by atoms with Gasteiger partial charge in [-0.15, -0.1) is 0 Å². The fourth-order valence-corrected chi connectivity index (χ4v) is 1.49. The van der Waals surface area contributed by atoms with Gasteiger partial charge in [-0.25, -0.2) is 0 Å². The molecular weight excluding hydrogens is 174 g/mol. The van der Waals surface area contributed by atoms with Crippen molar-refractivity contribution < 1.29 is 4.74 Å². The van der Waals surface area contributed by atoms with E-state index in [9.17, 15) is 0 Å². The van der Waals surface area contributed by atoms with Crippen LogP contribution >= 0.6 is 0 Å². The molecule has 1 aromatic rings. The van der Waals surface area contributed by atoms with E-state index in [2.05, 4.69) is 32.0 Å². The van der Waals surface area contributed by atoms with Crippen molar-refractivity contribution in [2.75, 3.05) is 7.11 Å². The molecule has 14 heavy (non-hydrogen) atoms. The second-order valence-corrected chi connectivity index (χ2v) is 3.87. The summed E-state index contributed by atoms with van der Waals surface area (Å²) < 4.78 is 5.12. The van der Waals surface area contributed by atoms with E-state index in [0.717, 1.165) is 0 Å². The van der Waals surface area contributed by atoms with Gasteiger partial charge in [0, 0.05) is 13.7 Å². The lowest BCUT2D eigenvalue weighted by atomic mass is 9.98. The van der Waals surface area contributed by atoms with Gasteiger partial charge >= 0.3 is 0 Å². The van der Waals surface area contributed by atoms with Crippen molar-refractivity contribution in [3.8, 4) is 0 Å². The van der Waals surface area contributed by atoms with Crippen molar-refractivity contribution in [3.05, 3.63) is 34.9 Å². The van der Waals surface area contributed by atoms with Crippen molar-refractivity contribution in [1.29, 1.82) is 0 Å². The van der Waals surface area contributed by atoms with Crippen LogP contribution in [0.25, 0.3) is 0 Å². The summed E-state index contributed by atoms with van der Waals surface area (Å²) in [6.45, 7) is 5.63. The summed E-state index contributed by atoms with van der Waals surface area (Å²) in [6, 6.07) is 6.46. The Hall–Kier alpha value is -0.860. The van der Waals surface area contributed by atoms with Crippen molar-refractivity contribution >= 4 is 0 Å². The Morgan fingerprint density at radius 2 is 1.86 bits per heavy atom. The molecule has 0 atom stereocenters. The molecule has 0 bridgehead atoms. The lowest BCUT2D eigenvalue weighted by molar-refractivity contribution is 0.184. The molecule has 2 heteroatoms. The number of nitrogens with two attached hydrogens (primary N) is 1. The Balaban J connectivity index is 3.00. The first-order valence-corrected chi connectivity index (χ1v) is 4.99. The van der Waals surface area contributed by atoms with Crippen molar-refractivity contribution in [1.82, 2.24) is 0 Å². The maximum atomic E-state index is 5.64. The van der Waals surface area contributed by atoms with Crippen LogP contribution in [-0.4, -0.2) is 7.11 Å². The Labute approximate surface area is 86.1 Å². The predicted molar refractivity (Wildman–Crippen MR) is 59.1 cm³/mol.